The largest absolute Gasteiger partial charge is 0.307 e. The van der Waals surface area contributed by atoms with Gasteiger partial charge in [-0.3, -0.25) is 14.9 Å². The second-order valence-corrected chi connectivity index (χ2v) is 7.39. The standard InChI is InChI=1S/C15H9N3O3S3/c19-14-12(24-15(22)17-14)8-9-4-5-11(10(7-9)18(20)21)23-13-3-1-2-6-16-13/h1-8H,(H,17,19,22)/b12-8-. The SMILES string of the molecule is O=C1NC(=S)S/C1=C\c1ccc(Sc2ccccn2)c([N+](=O)[O-])c1. The number of amides is 1. The van der Waals surface area contributed by atoms with Gasteiger partial charge in [0.15, 0.2) is 0 Å². The van der Waals surface area contributed by atoms with E-state index in [4.69, 9.17) is 12.2 Å². The Bertz CT molecular complexity index is 869. The number of carbonyl (C=O) groups excluding carboxylic acids is 1. The van der Waals surface area contributed by atoms with Gasteiger partial charge in [0.25, 0.3) is 11.6 Å². The third kappa shape index (κ3) is 3.81. The zero-order valence-electron chi connectivity index (χ0n) is 12.0. The molecule has 0 bridgehead atoms. The Hall–Kier alpha value is -2.23. The van der Waals surface area contributed by atoms with E-state index < -0.39 is 4.92 Å². The lowest BCUT2D eigenvalue weighted by Gasteiger charge is -2.04. The van der Waals surface area contributed by atoms with E-state index in [9.17, 15) is 14.9 Å². The smallest absolute Gasteiger partial charge is 0.283 e. The van der Waals surface area contributed by atoms with Crippen LogP contribution >= 0.6 is 35.7 Å². The fourth-order valence-corrected chi connectivity index (χ4v) is 3.85. The van der Waals surface area contributed by atoms with Crippen molar-refractivity contribution in [1.82, 2.24) is 10.3 Å². The number of carbonyl (C=O) groups is 1. The average molecular weight is 375 g/mol. The summed E-state index contributed by atoms with van der Waals surface area (Å²) in [4.78, 5) is 27.7. The first kappa shape index (κ1) is 16.6. The van der Waals surface area contributed by atoms with Gasteiger partial charge in [0.2, 0.25) is 0 Å². The lowest BCUT2D eigenvalue weighted by atomic mass is 10.2. The zero-order chi connectivity index (χ0) is 17.1. The van der Waals surface area contributed by atoms with Crippen molar-refractivity contribution in [2.75, 3.05) is 0 Å². The molecule has 0 atom stereocenters. The first-order valence-electron chi connectivity index (χ1n) is 6.65. The van der Waals surface area contributed by atoms with Gasteiger partial charge in [-0.05, 0) is 29.8 Å². The van der Waals surface area contributed by atoms with Gasteiger partial charge in [-0.2, -0.15) is 0 Å². The summed E-state index contributed by atoms with van der Waals surface area (Å²) in [7, 11) is 0. The summed E-state index contributed by atoms with van der Waals surface area (Å²) in [6.45, 7) is 0. The fourth-order valence-electron chi connectivity index (χ4n) is 1.95. The summed E-state index contributed by atoms with van der Waals surface area (Å²) in [6.07, 6.45) is 3.22. The summed E-state index contributed by atoms with van der Waals surface area (Å²) in [5.41, 5.74) is 0.528. The highest BCUT2D eigenvalue weighted by Gasteiger charge is 2.23. The monoisotopic (exact) mass is 375 g/mol. The van der Waals surface area contributed by atoms with Gasteiger partial charge < -0.3 is 5.32 Å². The normalized spacial score (nSPS) is 15.6. The minimum Gasteiger partial charge on any atom is -0.307 e. The number of aromatic nitrogens is 1. The highest BCUT2D eigenvalue weighted by molar-refractivity contribution is 8.26. The number of thioether (sulfide) groups is 1. The van der Waals surface area contributed by atoms with Crippen molar-refractivity contribution in [1.29, 1.82) is 0 Å². The van der Waals surface area contributed by atoms with Crippen molar-refractivity contribution in [3.8, 4) is 0 Å². The molecule has 2 heterocycles. The second kappa shape index (κ2) is 7.12. The third-order valence-corrected chi connectivity index (χ3v) is 5.15. The molecule has 0 radical (unpaired) electrons. The number of thiocarbonyl (C=S) groups is 1. The van der Waals surface area contributed by atoms with E-state index in [2.05, 4.69) is 10.3 Å². The molecule has 0 aliphatic carbocycles. The maximum atomic E-state index is 11.7. The van der Waals surface area contributed by atoms with Crippen LogP contribution in [-0.4, -0.2) is 20.1 Å². The van der Waals surface area contributed by atoms with E-state index in [0.717, 1.165) is 11.8 Å². The predicted octanol–water partition coefficient (Wildman–Crippen LogP) is 3.63. The van der Waals surface area contributed by atoms with Gasteiger partial charge in [0.05, 0.1) is 14.7 Å². The second-order valence-electron chi connectivity index (χ2n) is 4.61. The van der Waals surface area contributed by atoms with E-state index in [1.54, 1.807) is 36.5 Å². The van der Waals surface area contributed by atoms with E-state index in [1.807, 2.05) is 6.07 Å². The fraction of sp³-hybridized carbons (Fsp3) is 0. The van der Waals surface area contributed by atoms with Crippen LogP contribution in [-0.2, 0) is 4.79 Å². The summed E-state index contributed by atoms with van der Waals surface area (Å²) in [5, 5.41) is 14.5. The van der Waals surface area contributed by atoms with Crippen molar-refractivity contribution >= 4 is 57.7 Å². The molecule has 1 saturated heterocycles. The molecule has 1 N–H and O–H groups in total. The van der Waals surface area contributed by atoms with Gasteiger partial charge in [0, 0.05) is 12.3 Å². The van der Waals surface area contributed by atoms with Crippen LogP contribution < -0.4 is 5.32 Å². The van der Waals surface area contributed by atoms with Crippen molar-refractivity contribution in [3.05, 3.63) is 63.2 Å². The van der Waals surface area contributed by atoms with E-state index in [-0.39, 0.29) is 11.6 Å². The number of nitrogens with one attached hydrogen (secondary N) is 1. The molecule has 24 heavy (non-hydrogen) atoms. The molecule has 1 aliphatic heterocycles. The van der Waals surface area contributed by atoms with Crippen LogP contribution in [0, 0.1) is 10.1 Å². The number of hydrogen-bond donors (Lipinski definition) is 1. The minimum atomic E-state index is -0.445. The molecule has 6 nitrogen and oxygen atoms in total. The minimum absolute atomic E-state index is 0.0361. The Morgan fingerprint density at radius 3 is 2.79 bits per heavy atom. The zero-order valence-corrected chi connectivity index (χ0v) is 14.4. The van der Waals surface area contributed by atoms with Crippen LogP contribution in [0.4, 0.5) is 5.69 Å². The number of nitro groups is 1. The van der Waals surface area contributed by atoms with Crippen molar-refractivity contribution < 1.29 is 9.72 Å². The molecular weight excluding hydrogens is 366 g/mol. The molecule has 0 unspecified atom stereocenters. The molecule has 120 valence electrons. The van der Waals surface area contributed by atoms with Crippen LogP contribution in [0.1, 0.15) is 5.56 Å². The van der Waals surface area contributed by atoms with Crippen LogP contribution in [0.3, 0.4) is 0 Å². The highest BCUT2D eigenvalue weighted by Crippen LogP contribution is 2.35. The molecule has 1 aliphatic rings. The Balaban J connectivity index is 1.93. The van der Waals surface area contributed by atoms with Crippen LogP contribution in [0.2, 0.25) is 0 Å². The molecular formula is C15H9N3O3S3. The summed E-state index contributed by atoms with van der Waals surface area (Å²) >= 11 is 7.27. The molecule has 1 aromatic heterocycles. The summed E-state index contributed by atoms with van der Waals surface area (Å²) in [5.74, 6) is -0.292. The summed E-state index contributed by atoms with van der Waals surface area (Å²) < 4.78 is 0.378. The van der Waals surface area contributed by atoms with Gasteiger partial charge in [0.1, 0.15) is 9.35 Å². The van der Waals surface area contributed by atoms with E-state index in [1.165, 1.54) is 17.8 Å². The number of rotatable bonds is 4. The summed E-state index contributed by atoms with van der Waals surface area (Å²) in [6, 6.07) is 10.2. The van der Waals surface area contributed by atoms with Gasteiger partial charge in [-0.25, -0.2) is 4.98 Å². The van der Waals surface area contributed by atoms with Gasteiger partial charge >= 0.3 is 0 Å². The lowest BCUT2D eigenvalue weighted by molar-refractivity contribution is -0.387. The van der Waals surface area contributed by atoms with Crippen LogP contribution in [0.15, 0.2) is 57.4 Å². The van der Waals surface area contributed by atoms with Crippen LogP contribution in [0.5, 0.6) is 0 Å². The molecule has 0 saturated carbocycles. The van der Waals surface area contributed by atoms with Crippen molar-refractivity contribution in [3.63, 3.8) is 0 Å². The molecule has 3 rings (SSSR count). The Kier molecular flexibility index (Phi) is 4.93. The number of hydrogen-bond acceptors (Lipinski definition) is 7. The maximum absolute atomic E-state index is 11.7. The maximum Gasteiger partial charge on any atom is 0.283 e. The lowest BCUT2D eigenvalue weighted by Crippen LogP contribution is -2.17. The number of nitrogens with zero attached hydrogens (tertiary/aromatic N) is 2. The number of pyridine rings is 1. The predicted molar refractivity (Wildman–Crippen MR) is 97.8 cm³/mol. The molecule has 9 heteroatoms. The third-order valence-electron chi connectivity index (χ3n) is 2.97. The molecule has 0 spiro atoms. The van der Waals surface area contributed by atoms with Crippen LogP contribution in [0.25, 0.3) is 6.08 Å². The van der Waals surface area contributed by atoms with Crippen molar-refractivity contribution in [2.24, 2.45) is 0 Å². The van der Waals surface area contributed by atoms with Crippen molar-refractivity contribution in [2.45, 2.75) is 9.92 Å². The first-order valence-corrected chi connectivity index (χ1v) is 8.69. The Morgan fingerprint density at radius 1 is 1.33 bits per heavy atom. The molecule has 1 amide bonds. The van der Waals surface area contributed by atoms with Gasteiger partial charge in [-0.1, -0.05) is 47.9 Å². The number of nitro benzene ring substituents is 1. The topological polar surface area (TPSA) is 85.1 Å². The Labute approximate surface area is 150 Å². The molecule has 1 aromatic carbocycles. The first-order chi connectivity index (χ1) is 11.5. The molecule has 1 fully saturated rings. The average Bonchev–Trinajstić information content (AvgIpc) is 2.87. The van der Waals surface area contributed by atoms with Gasteiger partial charge in [-0.15, -0.1) is 0 Å². The Morgan fingerprint density at radius 2 is 2.17 bits per heavy atom. The van der Waals surface area contributed by atoms with E-state index in [0.29, 0.717) is 24.7 Å². The quantitative estimate of drug-likeness (QED) is 0.378. The number of benzene rings is 1. The molecule has 2 aromatic rings. The highest BCUT2D eigenvalue weighted by atomic mass is 32.2. The van der Waals surface area contributed by atoms with E-state index >= 15 is 0 Å².